The van der Waals surface area contributed by atoms with Crippen LogP contribution in [0.1, 0.15) is 87.0 Å². The molecule has 1 N–H and O–H groups in total. The molecule has 1 atom stereocenters. The number of nitrogens with zero attached hydrogens (tertiary/aromatic N) is 3. The molecule has 0 spiro atoms. The zero-order valence-corrected chi connectivity index (χ0v) is 18.6. The van der Waals surface area contributed by atoms with Gasteiger partial charge < -0.3 is 9.84 Å². The Bertz CT molecular complexity index is 801. The van der Waals surface area contributed by atoms with Gasteiger partial charge in [0.25, 0.3) is 0 Å². The molecule has 1 aliphatic rings. The molecule has 2 heterocycles. The van der Waals surface area contributed by atoms with Crippen LogP contribution < -0.4 is 4.74 Å². The van der Waals surface area contributed by atoms with Crippen molar-refractivity contribution in [1.82, 2.24) is 14.8 Å². The Morgan fingerprint density at radius 3 is 2.38 bits per heavy atom. The first kappa shape index (κ1) is 21.7. The number of aromatic nitrogens is 3. The third-order valence-electron chi connectivity index (χ3n) is 6.65. The van der Waals surface area contributed by atoms with Crippen LogP contribution in [0.3, 0.4) is 0 Å². The van der Waals surface area contributed by atoms with Crippen molar-refractivity contribution in [2.24, 2.45) is 0 Å². The van der Waals surface area contributed by atoms with E-state index in [0.29, 0.717) is 5.75 Å². The molecule has 2 aromatic rings. The first-order chi connectivity index (χ1) is 13.9. The summed E-state index contributed by atoms with van der Waals surface area (Å²) in [5.41, 5.74) is 4.17. The molecule has 0 aliphatic carbocycles. The molecule has 5 nitrogen and oxygen atoms in total. The number of aromatic hydroxyl groups is 1. The van der Waals surface area contributed by atoms with E-state index in [9.17, 15) is 5.11 Å². The van der Waals surface area contributed by atoms with Crippen molar-refractivity contribution in [2.75, 3.05) is 0 Å². The maximum absolute atomic E-state index is 10.3. The number of aryl methyl sites for hydroxylation is 1. The Morgan fingerprint density at radius 2 is 1.69 bits per heavy atom. The quantitative estimate of drug-likeness (QED) is 0.512. The molecule has 0 saturated heterocycles. The number of unbranched alkanes of at least 4 members (excludes halogenated alkanes) is 6. The number of phenolic OH excluding ortho intramolecular Hbond substituents is 1. The number of benzene rings is 1. The van der Waals surface area contributed by atoms with Crippen LogP contribution >= 0.6 is 0 Å². The lowest BCUT2D eigenvalue weighted by Gasteiger charge is -2.38. The molecule has 0 fully saturated rings. The van der Waals surface area contributed by atoms with Crippen LogP contribution in [-0.2, 0) is 13.0 Å². The van der Waals surface area contributed by atoms with E-state index in [2.05, 4.69) is 23.9 Å². The van der Waals surface area contributed by atoms with Gasteiger partial charge >= 0.3 is 0 Å². The summed E-state index contributed by atoms with van der Waals surface area (Å²) in [5, 5.41) is 14.5. The fraction of sp³-hybridized carbons (Fsp3) is 0.667. The van der Waals surface area contributed by atoms with Crippen LogP contribution in [0.2, 0.25) is 0 Å². The predicted molar refractivity (Wildman–Crippen MR) is 117 cm³/mol. The number of hydrogen-bond donors (Lipinski definition) is 1. The van der Waals surface area contributed by atoms with Gasteiger partial charge in [0.1, 0.15) is 29.8 Å². The summed E-state index contributed by atoms with van der Waals surface area (Å²) in [6, 6.07) is 0. The van der Waals surface area contributed by atoms with E-state index in [1.807, 2.05) is 18.5 Å². The number of hydrogen-bond acceptors (Lipinski definition) is 4. The van der Waals surface area contributed by atoms with Gasteiger partial charge in [0.2, 0.25) is 0 Å². The van der Waals surface area contributed by atoms with Gasteiger partial charge in [-0.2, -0.15) is 5.10 Å². The molecule has 1 aromatic carbocycles. The first-order valence-corrected chi connectivity index (χ1v) is 11.2. The summed E-state index contributed by atoms with van der Waals surface area (Å²) in [6.07, 6.45) is 15.4. The zero-order valence-electron chi connectivity index (χ0n) is 18.6. The smallest absolute Gasteiger partial charge is 0.137 e. The van der Waals surface area contributed by atoms with Crippen molar-refractivity contribution in [3.8, 4) is 11.5 Å². The number of phenols is 1. The van der Waals surface area contributed by atoms with Gasteiger partial charge in [0.05, 0.1) is 0 Å². The minimum Gasteiger partial charge on any atom is -0.507 e. The van der Waals surface area contributed by atoms with Crippen molar-refractivity contribution in [3.63, 3.8) is 0 Å². The minimum absolute atomic E-state index is 0.0780. The van der Waals surface area contributed by atoms with Gasteiger partial charge in [0.15, 0.2) is 0 Å². The summed E-state index contributed by atoms with van der Waals surface area (Å²) >= 11 is 0. The number of fused-ring (bicyclic) bond motifs is 1. The molecule has 1 unspecified atom stereocenters. The topological polar surface area (TPSA) is 60.2 Å². The molecule has 3 rings (SSSR count). The van der Waals surface area contributed by atoms with Crippen molar-refractivity contribution in [1.29, 1.82) is 0 Å². The Kier molecular flexibility index (Phi) is 7.20. The highest BCUT2D eigenvalue weighted by Crippen LogP contribution is 2.44. The zero-order chi connectivity index (χ0) is 20.9. The van der Waals surface area contributed by atoms with E-state index in [1.54, 1.807) is 12.7 Å². The highest BCUT2D eigenvalue weighted by molar-refractivity contribution is 5.58. The van der Waals surface area contributed by atoms with Crippen LogP contribution in [0, 0.1) is 20.8 Å². The van der Waals surface area contributed by atoms with E-state index in [1.165, 1.54) is 50.5 Å². The van der Waals surface area contributed by atoms with Crippen LogP contribution in [-0.4, -0.2) is 25.5 Å². The van der Waals surface area contributed by atoms with Gasteiger partial charge in [0, 0.05) is 12.1 Å². The predicted octanol–water partition coefficient (Wildman–Crippen LogP) is 5.81. The standard InChI is InChI=1S/C24H37N3O2/c1-18-19(2)23-21(20(3)22(18)28)12-14-24(4,29-23)13-10-8-6-5-7-9-11-15-27-17-25-16-26-27/h16-17,28H,5-15H2,1-4H3. The third-order valence-corrected chi connectivity index (χ3v) is 6.65. The molecule has 160 valence electrons. The van der Waals surface area contributed by atoms with E-state index >= 15 is 0 Å². The SMILES string of the molecule is Cc1c(C)c2c(c(C)c1O)CCC(C)(CCCCCCCCCn1cncn1)O2. The van der Waals surface area contributed by atoms with Crippen LogP contribution in [0.25, 0.3) is 0 Å². The van der Waals surface area contributed by atoms with Crippen LogP contribution in [0.5, 0.6) is 11.5 Å². The summed E-state index contributed by atoms with van der Waals surface area (Å²) in [4.78, 5) is 3.98. The van der Waals surface area contributed by atoms with Gasteiger partial charge in [-0.05, 0) is 76.5 Å². The Morgan fingerprint density at radius 1 is 1.00 bits per heavy atom. The van der Waals surface area contributed by atoms with Crippen molar-refractivity contribution >= 4 is 0 Å². The first-order valence-electron chi connectivity index (χ1n) is 11.2. The Hall–Kier alpha value is -2.04. The normalized spacial score (nSPS) is 18.5. The van der Waals surface area contributed by atoms with Gasteiger partial charge in [-0.15, -0.1) is 0 Å². The van der Waals surface area contributed by atoms with Crippen LogP contribution in [0.4, 0.5) is 0 Å². The highest BCUT2D eigenvalue weighted by atomic mass is 16.5. The molecule has 5 heteroatoms. The number of ether oxygens (including phenoxy) is 1. The summed E-state index contributed by atoms with van der Waals surface area (Å²) < 4.78 is 8.45. The third kappa shape index (κ3) is 5.31. The molecule has 0 radical (unpaired) electrons. The van der Waals surface area contributed by atoms with Crippen molar-refractivity contribution < 1.29 is 9.84 Å². The Labute approximate surface area is 175 Å². The molecular weight excluding hydrogens is 362 g/mol. The van der Waals surface area contributed by atoms with Crippen molar-refractivity contribution in [3.05, 3.63) is 34.9 Å². The lowest BCUT2D eigenvalue weighted by molar-refractivity contribution is 0.0521. The second kappa shape index (κ2) is 9.64. The van der Waals surface area contributed by atoms with E-state index < -0.39 is 0 Å². The number of rotatable bonds is 10. The second-order valence-electron chi connectivity index (χ2n) is 8.97. The summed E-state index contributed by atoms with van der Waals surface area (Å²) in [6.45, 7) is 9.31. The van der Waals surface area contributed by atoms with Crippen molar-refractivity contribution in [2.45, 2.75) is 104 Å². The lowest BCUT2D eigenvalue weighted by atomic mass is 9.84. The van der Waals surface area contributed by atoms with E-state index in [-0.39, 0.29) is 5.60 Å². The van der Waals surface area contributed by atoms with Gasteiger partial charge in [-0.25, -0.2) is 4.98 Å². The van der Waals surface area contributed by atoms with E-state index in [4.69, 9.17) is 4.74 Å². The summed E-state index contributed by atoms with van der Waals surface area (Å²) in [7, 11) is 0. The molecular formula is C24H37N3O2. The highest BCUT2D eigenvalue weighted by Gasteiger charge is 2.34. The van der Waals surface area contributed by atoms with Crippen LogP contribution in [0.15, 0.2) is 12.7 Å². The molecule has 1 aliphatic heterocycles. The molecule has 1 aromatic heterocycles. The average molecular weight is 400 g/mol. The second-order valence-corrected chi connectivity index (χ2v) is 8.97. The molecule has 0 saturated carbocycles. The lowest BCUT2D eigenvalue weighted by Crippen LogP contribution is -2.37. The van der Waals surface area contributed by atoms with E-state index in [0.717, 1.165) is 48.2 Å². The molecule has 29 heavy (non-hydrogen) atoms. The average Bonchev–Trinajstić information content (AvgIpc) is 3.23. The largest absolute Gasteiger partial charge is 0.507 e. The molecule has 0 bridgehead atoms. The van der Waals surface area contributed by atoms with Gasteiger partial charge in [-0.1, -0.05) is 32.1 Å². The fourth-order valence-corrected chi connectivity index (χ4v) is 4.48. The fourth-order valence-electron chi connectivity index (χ4n) is 4.48. The Balaban J connectivity index is 1.36. The van der Waals surface area contributed by atoms with Gasteiger partial charge in [-0.3, -0.25) is 4.68 Å². The molecule has 0 amide bonds. The maximum atomic E-state index is 10.3. The summed E-state index contributed by atoms with van der Waals surface area (Å²) in [5.74, 6) is 1.47. The monoisotopic (exact) mass is 399 g/mol. The minimum atomic E-state index is -0.0780. The maximum Gasteiger partial charge on any atom is 0.137 e.